The second-order valence-electron chi connectivity index (χ2n) is 7.90. The average Bonchev–Trinajstić information content (AvgIpc) is 3.41. The Labute approximate surface area is 201 Å². The lowest BCUT2D eigenvalue weighted by Crippen LogP contribution is -2.38. The number of rotatable bonds is 7. The molecule has 1 unspecified atom stereocenters. The fourth-order valence-electron chi connectivity index (χ4n) is 3.73. The molecule has 4 rings (SSSR count). The number of nitrogens with zero attached hydrogens (tertiary/aromatic N) is 2. The second kappa shape index (κ2) is 9.89. The zero-order valence-corrected chi connectivity index (χ0v) is 20.1. The fourth-order valence-corrected chi connectivity index (χ4v) is 4.93. The van der Waals surface area contributed by atoms with Crippen molar-refractivity contribution >= 4 is 40.4 Å². The van der Waals surface area contributed by atoms with E-state index < -0.39 is 12.0 Å². The van der Waals surface area contributed by atoms with Crippen LogP contribution < -0.4 is 5.32 Å². The molecule has 0 spiro atoms. The third-order valence-electron chi connectivity index (χ3n) is 5.14. The van der Waals surface area contributed by atoms with Gasteiger partial charge in [0.15, 0.2) is 5.17 Å². The molecule has 0 radical (unpaired) electrons. The highest BCUT2D eigenvalue weighted by molar-refractivity contribution is 8.16. The summed E-state index contributed by atoms with van der Waals surface area (Å²) in [6.07, 6.45) is 1.39. The number of esters is 1. The fraction of sp³-hybridized carbons (Fsp3) is 0.292. The molecule has 1 aromatic carbocycles. The molecule has 1 N–H and O–H groups in total. The van der Waals surface area contributed by atoms with Crippen molar-refractivity contribution in [2.75, 3.05) is 0 Å². The molecule has 0 fully saturated rings. The Morgan fingerprint density at radius 1 is 1.27 bits per heavy atom. The normalized spacial score (nSPS) is 17.6. The van der Waals surface area contributed by atoms with Gasteiger partial charge in [-0.3, -0.25) is 4.79 Å². The van der Waals surface area contributed by atoms with Crippen LogP contribution in [0.3, 0.4) is 0 Å². The summed E-state index contributed by atoms with van der Waals surface area (Å²) in [6.45, 7) is 5.69. The van der Waals surface area contributed by atoms with Crippen LogP contribution in [0.5, 0.6) is 0 Å². The van der Waals surface area contributed by atoms with E-state index in [4.69, 9.17) is 20.8 Å². The lowest BCUT2D eigenvalue weighted by Gasteiger charge is -2.36. The first-order valence-corrected chi connectivity index (χ1v) is 11.8. The number of thioether (sulfide) groups is 1. The van der Waals surface area contributed by atoms with Crippen molar-refractivity contribution in [3.8, 4) is 0 Å². The van der Waals surface area contributed by atoms with E-state index in [1.807, 2.05) is 28.5 Å². The smallest absolute Gasteiger partial charge is 0.338 e. The summed E-state index contributed by atoms with van der Waals surface area (Å²) in [4.78, 5) is 32.4. The monoisotopic (exact) mass is 485 g/mol. The van der Waals surface area contributed by atoms with Crippen molar-refractivity contribution in [3.63, 3.8) is 0 Å². The molecule has 0 aliphatic carbocycles. The highest BCUT2D eigenvalue weighted by Crippen LogP contribution is 2.46. The molecule has 1 aromatic heterocycles. The van der Waals surface area contributed by atoms with Crippen molar-refractivity contribution < 1.29 is 18.7 Å². The van der Waals surface area contributed by atoms with Crippen molar-refractivity contribution in [1.82, 2.24) is 10.2 Å². The summed E-state index contributed by atoms with van der Waals surface area (Å²) in [5, 5.41) is 5.96. The number of carbonyl (C=O) groups is 2. The Morgan fingerprint density at radius 2 is 2.06 bits per heavy atom. The quantitative estimate of drug-likeness (QED) is 0.545. The third-order valence-corrected chi connectivity index (χ3v) is 6.38. The molecule has 0 saturated heterocycles. The van der Waals surface area contributed by atoms with Crippen molar-refractivity contribution in [1.29, 1.82) is 0 Å². The number of furan rings is 1. The number of amidine groups is 1. The van der Waals surface area contributed by atoms with E-state index in [0.717, 1.165) is 11.3 Å². The molecule has 2 aliphatic heterocycles. The highest BCUT2D eigenvalue weighted by atomic mass is 35.5. The molecule has 1 atom stereocenters. The van der Waals surface area contributed by atoms with Crippen LogP contribution in [0.15, 0.2) is 74.4 Å². The number of benzene rings is 1. The van der Waals surface area contributed by atoms with Crippen LogP contribution in [0.2, 0.25) is 5.02 Å². The van der Waals surface area contributed by atoms with Crippen LogP contribution in [0, 0.1) is 0 Å². The molecule has 1 amide bonds. The first-order chi connectivity index (χ1) is 15.8. The van der Waals surface area contributed by atoms with E-state index in [0.29, 0.717) is 33.8 Å². The van der Waals surface area contributed by atoms with Gasteiger partial charge in [0.1, 0.15) is 5.76 Å². The Morgan fingerprint density at radius 3 is 2.76 bits per heavy atom. The van der Waals surface area contributed by atoms with Crippen LogP contribution in [-0.2, 0) is 20.9 Å². The SMILES string of the molecule is CC1=C(C(=O)OC(C)C)C(c2ccccc2Cl)N2C(CC(=O)NCc3ccco3)=CSC2=N1. The number of allylic oxidation sites excluding steroid dienone is 1. The van der Waals surface area contributed by atoms with Gasteiger partial charge in [-0.1, -0.05) is 41.6 Å². The van der Waals surface area contributed by atoms with Gasteiger partial charge in [-0.05, 0) is 49.9 Å². The lowest BCUT2D eigenvalue weighted by molar-refractivity contribution is -0.143. The largest absolute Gasteiger partial charge is 0.467 e. The van der Waals surface area contributed by atoms with Crippen LogP contribution in [0.25, 0.3) is 0 Å². The van der Waals surface area contributed by atoms with Gasteiger partial charge in [-0.2, -0.15) is 0 Å². The molecule has 2 aromatic rings. The maximum absolute atomic E-state index is 13.1. The molecule has 0 bridgehead atoms. The average molecular weight is 486 g/mol. The first-order valence-electron chi connectivity index (χ1n) is 10.5. The van der Waals surface area contributed by atoms with E-state index >= 15 is 0 Å². The van der Waals surface area contributed by atoms with Gasteiger partial charge in [0.05, 0.1) is 42.6 Å². The Kier molecular flexibility index (Phi) is 6.95. The van der Waals surface area contributed by atoms with Crippen molar-refractivity contribution in [3.05, 3.63) is 81.4 Å². The summed E-state index contributed by atoms with van der Waals surface area (Å²) in [6, 6.07) is 10.4. The third kappa shape index (κ3) is 5.02. The van der Waals surface area contributed by atoms with E-state index in [1.165, 1.54) is 11.8 Å². The molecule has 3 heterocycles. The minimum atomic E-state index is -0.559. The minimum absolute atomic E-state index is 0.110. The predicted octanol–water partition coefficient (Wildman–Crippen LogP) is 5.17. The van der Waals surface area contributed by atoms with Crippen molar-refractivity contribution in [2.24, 2.45) is 4.99 Å². The number of amides is 1. The van der Waals surface area contributed by atoms with Gasteiger partial charge in [-0.15, -0.1) is 0 Å². The number of hydrogen-bond acceptors (Lipinski definition) is 7. The van der Waals surface area contributed by atoms with E-state index in [9.17, 15) is 9.59 Å². The Bertz CT molecular complexity index is 1150. The molecular weight excluding hydrogens is 462 g/mol. The van der Waals surface area contributed by atoms with Gasteiger partial charge >= 0.3 is 5.97 Å². The lowest BCUT2D eigenvalue weighted by atomic mass is 9.93. The highest BCUT2D eigenvalue weighted by Gasteiger charge is 2.42. The molecule has 33 heavy (non-hydrogen) atoms. The van der Waals surface area contributed by atoms with Gasteiger partial charge < -0.3 is 19.4 Å². The number of fused-ring (bicyclic) bond motifs is 1. The van der Waals surface area contributed by atoms with Crippen LogP contribution in [-0.4, -0.2) is 28.0 Å². The summed E-state index contributed by atoms with van der Waals surface area (Å²) < 4.78 is 10.8. The maximum Gasteiger partial charge on any atom is 0.338 e. The summed E-state index contributed by atoms with van der Waals surface area (Å²) in [5.74, 6) is 0.0494. The molecule has 7 nitrogen and oxygen atoms in total. The number of nitrogens with one attached hydrogen (secondary N) is 1. The Hall–Kier alpha value is -2.97. The predicted molar refractivity (Wildman–Crippen MR) is 128 cm³/mol. The first kappa shape index (κ1) is 23.2. The number of ether oxygens (including phenoxy) is 1. The summed E-state index contributed by atoms with van der Waals surface area (Å²) in [5.41, 5.74) is 2.44. The molecule has 172 valence electrons. The molecule has 0 saturated carbocycles. The topological polar surface area (TPSA) is 84.1 Å². The standard InChI is InChI=1S/C24H24ClN3O4S/c1-14(2)32-23(30)21-15(3)27-24-28(22(21)18-8-4-5-9-19(18)25)16(13-33-24)11-20(29)26-12-17-7-6-10-31-17/h4-10,13-14,22H,11-12H2,1-3H3,(H,26,29). The Balaban J connectivity index is 1.65. The van der Waals surface area contributed by atoms with Gasteiger partial charge in [0, 0.05) is 10.7 Å². The number of hydrogen-bond donors (Lipinski definition) is 1. The number of carbonyl (C=O) groups excluding carboxylic acids is 2. The molecular formula is C24H24ClN3O4S. The van der Waals surface area contributed by atoms with Crippen molar-refractivity contribution in [2.45, 2.75) is 45.9 Å². The zero-order chi connectivity index (χ0) is 23.5. The van der Waals surface area contributed by atoms with Crippen LogP contribution in [0.4, 0.5) is 0 Å². The van der Waals surface area contributed by atoms with E-state index in [1.54, 1.807) is 45.2 Å². The number of aliphatic imine (C=N–C) groups is 1. The second-order valence-corrected chi connectivity index (χ2v) is 9.15. The minimum Gasteiger partial charge on any atom is -0.467 e. The zero-order valence-electron chi connectivity index (χ0n) is 18.5. The summed E-state index contributed by atoms with van der Waals surface area (Å²) >= 11 is 7.99. The van der Waals surface area contributed by atoms with Gasteiger partial charge in [-0.25, -0.2) is 9.79 Å². The maximum atomic E-state index is 13.1. The van der Waals surface area contributed by atoms with Crippen LogP contribution >= 0.6 is 23.4 Å². The van der Waals surface area contributed by atoms with Gasteiger partial charge in [0.25, 0.3) is 0 Å². The van der Waals surface area contributed by atoms with E-state index in [2.05, 4.69) is 10.3 Å². The summed E-state index contributed by atoms with van der Waals surface area (Å²) in [7, 11) is 0. The molecule has 2 aliphatic rings. The van der Waals surface area contributed by atoms with E-state index in [-0.39, 0.29) is 18.4 Å². The number of halogens is 1. The van der Waals surface area contributed by atoms with Crippen LogP contribution in [0.1, 0.15) is 44.6 Å². The van der Waals surface area contributed by atoms with Gasteiger partial charge in [0.2, 0.25) is 5.91 Å². The molecule has 9 heteroatoms.